The van der Waals surface area contributed by atoms with Gasteiger partial charge < -0.3 is 20.1 Å². The smallest absolute Gasteiger partial charge is 0.309 e. The fraction of sp³-hybridized carbons (Fsp3) is 0.786. The number of hydrogen-bond donors (Lipinski definition) is 3. The van der Waals surface area contributed by atoms with Crippen molar-refractivity contribution < 1.29 is 29.3 Å². The molecule has 0 aromatic carbocycles. The summed E-state index contributed by atoms with van der Waals surface area (Å²) in [6, 6.07) is 0. The van der Waals surface area contributed by atoms with Gasteiger partial charge in [-0.25, -0.2) is 0 Å². The van der Waals surface area contributed by atoms with Crippen molar-refractivity contribution in [3.63, 3.8) is 0 Å². The lowest BCUT2D eigenvalue weighted by Gasteiger charge is -2.33. The van der Waals surface area contributed by atoms with E-state index in [-0.39, 0.29) is 37.6 Å². The Balaban J connectivity index is 3.82. The van der Waals surface area contributed by atoms with Crippen LogP contribution in [0.15, 0.2) is 12.2 Å². The van der Waals surface area contributed by atoms with Crippen LogP contribution >= 0.6 is 0 Å². The van der Waals surface area contributed by atoms with Gasteiger partial charge >= 0.3 is 5.97 Å². The molecule has 0 amide bonds. The normalized spacial score (nSPS) is 12.2. The second-order valence-electron chi connectivity index (χ2n) is 4.95. The number of aliphatic carboxylic acids is 1. The summed E-state index contributed by atoms with van der Waals surface area (Å²) in [6.07, 6.45) is 8.24. The molecule has 3 N–H and O–H groups in total. The Morgan fingerprint density at radius 3 is 2.45 bits per heavy atom. The van der Waals surface area contributed by atoms with E-state index in [1.54, 1.807) is 0 Å². The van der Waals surface area contributed by atoms with Gasteiger partial charge in [-0.3, -0.25) is 9.28 Å². The van der Waals surface area contributed by atoms with Gasteiger partial charge in [0.25, 0.3) is 0 Å². The van der Waals surface area contributed by atoms with Crippen LogP contribution < -0.4 is 0 Å². The number of unbranched alkanes of at least 4 members (excludes halogenated alkanes) is 3. The van der Waals surface area contributed by atoms with E-state index in [1.165, 1.54) is 0 Å². The van der Waals surface area contributed by atoms with Gasteiger partial charge in [-0.05, 0) is 26.2 Å². The standard InChI is InChI=1S/C14H27NO5/c1-2-3-4-5-6-7-10-20-13-15(11-16,12-17)9-8-14(18)19/h2-3,16-17H,4-13H2,1H3/p+1/b3-2+. The summed E-state index contributed by atoms with van der Waals surface area (Å²) in [4.78, 5) is 10.6. The van der Waals surface area contributed by atoms with Crippen molar-refractivity contribution in [2.75, 3.05) is 33.3 Å². The highest BCUT2D eigenvalue weighted by molar-refractivity contribution is 5.66. The summed E-state index contributed by atoms with van der Waals surface area (Å²) in [5, 5.41) is 27.3. The van der Waals surface area contributed by atoms with Crippen LogP contribution in [-0.2, 0) is 9.53 Å². The van der Waals surface area contributed by atoms with E-state index in [0.717, 1.165) is 25.7 Å². The molecule has 6 nitrogen and oxygen atoms in total. The summed E-state index contributed by atoms with van der Waals surface area (Å²) in [5.74, 6) is -0.946. The third kappa shape index (κ3) is 9.03. The second-order valence-corrected chi connectivity index (χ2v) is 4.95. The van der Waals surface area contributed by atoms with E-state index < -0.39 is 5.97 Å². The molecule has 0 radical (unpaired) electrons. The largest absolute Gasteiger partial charge is 0.481 e. The number of carbonyl (C=O) groups is 1. The highest BCUT2D eigenvalue weighted by Crippen LogP contribution is 2.08. The highest BCUT2D eigenvalue weighted by atomic mass is 16.5. The molecule has 0 bridgehead atoms. The Morgan fingerprint density at radius 2 is 1.90 bits per heavy atom. The molecule has 0 aromatic heterocycles. The molecular weight excluding hydrogens is 262 g/mol. The summed E-state index contributed by atoms with van der Waals surface area (Å²) < 4.78 is 5.31. The zero-order chi connectivity index (χ0) is 15.3. The Kier molecular flexibility index (Phi) is 11.3. The molecule has 0 aromatic rings. The van der Waals surface area contributed by atoms with Gasteiger partial charge in [0.15, 0.2) is 20.2 Å². The summed E-state index contributed by atoms with van der Waals surface area (Å²) in [7, 11) is 0. The first-order valence-electron chi connectivity index (χ1n) is 7.07. The fourth-order valence-corrected chi connectivity index (χ4v) is 1.73. The van der Waals surface area contributed by atoms with Crippen molar-refractivity contribution in [3.05, 3.63) is 12.2 Å². The van der Waals surface area contributed by atoms with Crippen molar-refractivity contribution in [1.29, 1.82) is 0 Å². The van der Waals surface area contributed by atoms with E-state index >= 15 is 0 Å². The van der Waals surface area contributed by atoms with Crippen LogP contribution in [0.5, 0.6) is 0 Å². The topological polar surface area (TPSA) is 87.0 Å². The molecule has 0 heterocycles. The maximum absolute atomic E-state index is 10.6. The number of carboxylic acid groups (broad SMARTS) is 1. The molecule has 20 heavy (non-hydrogen) atoms. The first-order chi connectivity index (χ1) is 9.60. The van der Waals surface area contributed by atoms with Gasteiger partial charge in [-0.1, -0.05) is 18.6 Å². The number of hydrogen-bond acceptors (Lipinski definition) is 4. The van der Waals surface area contributed by atoms with Crippen LogP contribution in [0.25, 0.3) is 0 Å². The molecule has 0 unspecified atom stereocenters. The maximum Gasteiger partial charge on any atom is 0.309 e. The zero-order valence-corrected chi connectivity index (χ0v) is 12.3. The molecule has 0 aliphatic rings. The fourth-order valence-electron chi connectivity index (χ4n) is 1.73. The second kappa shape index (κ2) is 11.8. The molecule has 0 spiro atoms. The molecular formula is C14H28NO5+. The quantitative estimate of drug-likeness (QED) is 0.206. The lowest BCUT2D eigenvalue weighted by molar-refractivity contribution is -0.976. The highest BCUT2D eigenvalue weighted by Gasteiger charge is 2.26. The molecule has 118 valence electrons. The molecule has 0 saturated heterocycles. The molecule has 0 fully saturated rings. The summed E-state index contributed by atoms with van der Waals surface area (Å²) in [6.45, 7) is 2.19. The maximum atomic E-state index is 10.6. The summed E-state index contributed by atoms with van der Waals surface area (Å²) in [5.41, 5.74) is 0. The number of rotatable bonds is 13. The molecule has 6 heteroatoms. The van der Waals surface area contributed by atoms with Crippen molar-refractivity contribution >= 4 is 5.97 Å². The first kappa shape index (κ1) is 19.1. The average molecular weight is 290 g/mol. The Labute approximate surface area is 120 Å². The monoisotopic (exact) mass is 290 g/mol. The van der Waals surface area contributed by atoms with E-state index in [4.69, 9.17) is 9.84 Å². The minimum atomic E-state index is -0.946. The van der Waals surface area contributed by atoms with Gasteiger partial charge in [0.05, 0.1) is 19.6 Å². The van der Waals surface area contributed by atoms with Crippen LogP contribution in [-0.4, -0.2) is 59.1 Å². The number of allylic oxidation sites excluding steroid dienone is 2. The van der Waals surface area contributed by atoms with Crippen LogP contribution in [0.3, 0.4) is 0 Å². The van der Waals surface area contributed by atoms with Crippen LogP contribution in [0, 0.1) is 0 Å². The van der Waals surface area contributed by atoms with Gasteiger partial charge in [-0.15, -0.1) is 0 Å². The number of aliphatic hydroxyl groups excluding tert-OH is 2. The molecule has 0 aliphatic carbocycles. The average Bonchev–Trinajstić information content (AvgIpc) is 2.45. The van der Waals surface area contributed by atoms with Crippen molar-refractivity contribution in [1.82, 2.24) is 0 Å². The molecule has 0 atom stereocenters. The van der Waals surface area contributed by atoms with Crippen molar-refractivity contribution in [3.8, 4) is 0 Å². The van der Waals surface area contributed by atoms with Crippen LogP contribution in [0.4, 0.5) is 0 Å². The van der Waals surface area contributed by atoms with Gasteiger partial charge in [0, 0.05) is 0 Å². The predicted octanol–water partition coefficient (Wildman–Crippen LogP) is 1.29. The number of ether oxygens (including phenoxy) is 1. The minimum absolute atomic E-state index is 0.103. The number of nitrogens with zero attached hydrogens (tertiary/aromatic N) is 1. The SMILES string of the molecule is C/C=C/CCCCCOC[N+](CO)(CO)CCC(=O)O. The van der Waals surface area contributed by atoms with Gasteiger partial charge in [-0.2, -0.15) is 0 Å². The van der Waals surface area contributed by atoms with Crippen LogP contribution in [0.2, 0.25) is 0 Å². The van der Waals surface area contributed by atoms with Gasteiger partial charge in [0.2, 0.25) is 0 Å². The lowest BCUT2D eigenvalue weighted by atomic mass is 10.2. The third-order valence-corrected chi connectivity index (χ3v) is 3.16. The number of quaternary nitrogens is 1. The zero-order valence-electron chi connectivity index (χ0n) is 12.3. The Bertz CT molecular complexity index is 277. The third-order valence-electron chi connectivity index (χ3n) is 3.16. The van der Waals surface area contributed by atoms with E-state index in [0.29, 0.717) is 6.61 Å². The minimum Gasteiger partial charge on any atom is -0.481 e. The van der Waals surface area contributed by atoms with E-state index in [1.807, 2.05) is 13.0 Å². The van der Waals surface area contributed by atoms with Gasteiger partial charge in [0.1, 0.15) is 0 Å². The van der Waals surface area contributed by atoms with E-state index in [9.17, 15) is 15.0 Å². The molecule has 0 rings (SSSR count). The molecule has 0 saturated carbocycles. The summed E-state index contributed by atoms with van der Waals surface area (Å²) >= 11 is 0. The first-order valence-corrected chi connectivity index (χ1v) is 7.07. The van der Waals surface area contributed by atoms with E-state index in [2.05, 4.69) is 6.08 Å². The van der Waals surface area contributed by atoms with Crippen molar-refractivity contribution in [2.24, 2.45) is 0 Å². The van der Waals surface area contributed by atoms with Crippen molar-refractivity contribution in [2.45, 2.75) is 39.0 Å². The molecule has 0 aliphatic heterocycles. The number of carboxylic acids is 1. The Hall–Kier alpha value is -0.950. The Morgan fingerprint density at radius 1 is 1.20 bits per heavy atom. The lowest BCUT2D eigenvalue weighted by Crippen LogP contribution is -2.52. The predicted molar refractivity (Wildman–Crippen MR) is 75.7 cm³/mol. The number of aliphatic hydroxyl groups is 2. The van der Waals surface area contributed by atoms with Crippen LogP contribution in [0.1, 0.15) is 39.0 Å².